The highest BCUT2D eigenvalue weighted by molar-refractivity contribution is 5.80. The van der Waals surface area contributed by atoms with E-state index < -0.39 is 5.54 Å². The van der Waals surface area contributed by atoms with Crippen molar-refractivity contribution in [2.75, 3.05) is 6.54 Å². The number of hydrogen-bond donors (Lipinski definition) is 1. The van der Waals surface area contributed by atoms with Crippen molar-refractivity contribution in [2.45, 2.75) is 56.5 Å². The molecule has 0 saturated carbocycles. The van der Waals surface area contributed by atoms with Crippen molar-refractivity contribution in [1.29, 1.82) is 0 Å². The summed E-state index contributed by atoms with van der Waals surface area (Å²) in [6, 6.07) is 12.6. The molecule has 1 N–H and O–H groups in total. The highest BCUT2D eigenvalue weighted by Gasteiger charge is 2.39. The van der Waals surface area contributed by atoms with Gasteiger partial charge in [0.2, 0.25) is 11.8 Å². The lowest BCUT2D eigenvalue weighted by Gasteiger charge is -2.31. The van der Waals surface area contributed by atoms with Gasteiger partial charge in [-0.25, -0.2) is 8.78 Å². The van der Waals surface area contributed by atoms with Crippen LogP contribution in [0.5, 0.6) is 0 Å². The van der Waals surface area contributed by atoms with Crippen LogP contribution in [0.4, 0.5) is 8.78 Å². The van der Waals surface area contributed by atoms with Crippen LogP contribution in [0.2, 0.25) is 0 Å². The number of halogens is 2. The zero-order valence-corrected chi connectivity index (χ0v) is 16.9. The van der Waals surface area contributed by atoms with E-state index in [9.17, 15) is 18.4 Å². The maximum Gasteiger partial charge on any atom is 0.223 e. The molecule has 2 fully saturated rings. The van der Waals surface area contributed by atoms with Crippen LogP contribution in [-0.2, 0) is 16.0 Å². The first-order valence-electron chi connectivity index (χ1n) is 10.5. The highest BCUT2D eigenvalue weighted by atomic mass is 19.1. The molecule has 0 aliphatic carbocycles. The molecular weight excluding hydrogens is 386 g/mol. The van der Waals surface area contributed by atoms with Gasteiger partial charge in [-0.05, 0) is 67.5 Å². The van der Waals surface area contributed by atoms with E-state index in [1.165, 1.54) is 24.3 Å². The summed E-state index contributed by atoms with van der Waals surface area (Å²) in [5, 5.41) is 3.08. The number of amides is 2. The maximum absolute atomic E-state index is 13.3. The second-order valence-electron chi connectivity index (χ2n) is 8.43. The molecule has 4 rings (SSSR count). The molecule has 2 aliphatic heterocycles. The van der Waals surface area contributed by atoms with Gasteiger partial charge < -0.3 is 10.2 Å². The first-order valence-corrected chi connectivity index (χ1v) is 10.5. The Labute approximate surface area is 175 Å². The Morgan fingerprint density at radius 1 is 1.07 bits per heavy atom. The van der Waals surface area contributed by atoms with Crippen LogP contribution in [-0.4, -0.2) is 28.8 Å². The normalized spacial score (nSPS) is 23.6. The number of carbonyl (C=O) groups excluding carboxylic acids is 2. The van der Waals surface area contributed by atoms with Gasteiger partial charge in [0.15, 0.2) is 0 Å². The van der Waals surface area contributed by atoms with Gasteiger partial charge in [-0.2, -0.15) is 0 Å². The molecule has 30 heavy (non-hydrogen) atoms. The molecule has 0 unspecified atom stereocenters. The molecule has 0 aromatic heterocycles. The standard InChI is InChI=1S/C24H26F2N2O2/c25-19-7-3-17(4-8-19)16-24(13-11-22(29)27-24)14-12-23(30)28-15-1-2-21(28)18-5-9-20(26)10-6-18/h3-10,21H,1-2,11-16H2,(H,27,29)/t21-,24-/m0/s1. The van der Waals surface area contributed by atoms with Gasteiger partial charge >= 0.3 is 0 Å². The van der Waals surface area contributed by atoms with Gasteiger partial charge in [0.05, 0.1) is 6.04 Å². The molecule has 4 nitrogen and oxygen atoms in total. The molecule has 6 heteroatoms. The van der Waals surface area contributed by atoms with Crippen LogP contribution >= 0.6 is 0 Å². The van der Waals surface area contributed by atoms with Crippen molar-refractivity contribution in [3.8, 4) is 0 Å². The van der Waals surface area contributed by atoms with Crippen LogP contribution in [0.25, 0.3) is 0 Å². The fourth-order valence-electron chi connectivity index (χ4n) is 4.76. The Hall–Kier alpha value is -2.76. The fraction of sp³-hybridized carbons (Fsp3) is 0.417. The monoisotopic (exact) mass is 412 g/mol. The molecule has 0 bridgehead atoms. The van der Waals surface area contributed by atoms with Gasteiger partial charge in [-0.3, -0.25) is 9.59 Å². The summed E-state index contributed by atoms with van der Waals surface area (Å²) in [5.41, 5.74) is 1.42. The molecule has 2 aliphatic rings. The minimum Gasteiger partial charge on any atom is -0.350 e. The molecule has 2 heterocycles. The van der Waals surface area contributed by atoms with E-state index in [4.69, 9.17) is 0 Å². The average Bonchev–Trinajstić information content (AvgIpc) is 3.36. The molecule has 0 spiro atoms. The number of nitrogens with zero attached hydrogens (tertiary/aromatic N) is 1. The summed E-state index contributed by atoms with van der Waals surface area (Å²) in [4.78, 5) is 26.9. The van der Waals surface area contributed by atoms with Crippen LogP contribution in [0.3, 0.4) is 0 Å². The predicted molar refractivity (Wildman–Crippen MR) is 110 cm³/mol. The zero-order chi connectivity index (χ0) is 21.1. The van der Waals surface area contributed by atoms with Crippen molar-refractivity contribution < 1.29 is 18.4 Å². The molecular formula is C24H26F2N2O2. The van der Waals surface area contributed by atoms with E-state index in [1.807, 2.05) is 4.90 Å². The quantitative estimate of drug-likeness (QED) is 0.769. The van der Waals surface area contributed by atoms with Crippen LogP contribution in [0, 0.1) is 11.6 Å². The first kappa shape index (κ1) is 20.5. The summed E-state index contributed by atoms with van der Waals surface area (Å²) in [7, 11) is 0. The largest absolute Gasteiger partial charge is 0.350 e. The van der Waals surface area contributed by atoms with Crippen molar-refractivity contribution in [3.05, 3.63) is 71.3 Å². The summed E-state index contributed by atoms with van der Waals surface area (Å²) in [6.07, 6.45) is 4.35. The van der Waals surface area contributed by atoms with Gasteiger partial charge in [-0.1, -0.05) is 24.3 Å². The highest BCUT2D eigenvalue weighted by Crippen LogP contribution is 2.34. The summed E-state index contributed by atoms with van der Waals surface area (Å²) < 4.78 is 26.5. The number of likely N-dealkylation sites (tertiary alicyclic amines) is 1. The minimum absolute atomic E-state index is 0.00470. The van der Waals surface area contributed by atoms with Crippen LogP contribution in [0.15, 0.2) is 48.5 Å². The average molecular weight is 412 g/mol. The summed E-state index contributed by atoms with van der Waals surface area (Å²) in [5.74, 6) is -0.523. The number of rotatable bonds is 6. The molecule has 0 radical (unpaired) electrons. The Morgan fingerprint density at radius 2 is 1.73 bits per heavy atom. The number of hydrogen-bond acceptors (Lipinski definition) is 2. The Balaban J connectivity index is 1.44. The fourth-order valence-corrected chi connectivity index (χ4v) is 4.76. The van der Waals surface area contributed by atoms with E-state index in [2.05, 4.69) is 5.32 Å². The molecule has 158 valence electrons. The maximum atomic E-state index is 13.3. The van der Waals surface area contributed by atoms with Crippen molar-refractivity contribution in [1.82, 2.24) is 10.2 Å². The van der Waals surface area contributed by atoms with Crippen molar-refractivity contribution in [3.63, 3.8) is 0 Å². The lowest BCUT2D eigenvalue weighted by Crippen LogP contribution is -2.44. The van der Waals surface area contributed by atoms with E-state index in [-0.39, 0.29) is 29.5 Å². The third-order valence-corrected chi connectivity index (χ3v) is 6.34. The molecule has 2 atom stereocenters. The summed E-state index contributed by atoms with van der Waals surface area (Å²) in [6.45, 7) is 0.693. The Bertz CT molecular complexity index is 914. The van der Waals surface area contributed by atoms with Gasteiger partial charge in [0, 0.05) is 24.9 Å². The van der Waals surface area contributed by atoms with E-state index in [0.29, 0.717) is 38.6 Å². The molecule has 2 aromatic carbocycles. The van der Waals surface area contributed by atoms with Crippen molar-refractivity contribution >= 4 is 11.8 Å². The third-order valence-electron chi connectivity index (χ3n) is 6.34. The van der Waals surface area contributed by atoms with Gasteiger partial charge in [0.25, 0.3) is 0 Å². The molecule has 2 amide bonds. The van der Waals surface area contributed by atoms with E-state index >= 15 is 0 Å². The minimum atomic E-state index is -0.477. The Morgan fingerprint density at radius 3 is 2.37 bits per heavy atom. The lowest BCUT2D eigenvalue weighted by atomic mass is 9.85. The zero-order valence-electron chi connectivity index (χ0n) is 16.9. The van der Waals surface area contributed by atoms with E-state index in [1.54, 1.807) is 24.3 Å². The van der Waals surface area contributed by atoms with Crippen LogP contribution < -0.4 is 5.32 Å². The second kappa shape index (κ2) is 8.54. The second-order valence-corrected chi connectivity index (χ2v) is 8.43. The number of carbonyl (C=O) groups is 2. The van der Waals surface area contributed by atoms with Crippen LogP contribution in [0.1, 0.15) is 55.7 Å². The Kier molecular flexibility index (Phi) is 5.84. The summed E-state index contributed by atoms with van der Waals surface area (Å²) >= 11 is 0. The predicted octanol–water partition coefficient (Wildman–Crippen LogP) is 4.30. The number of nitrogens with one attached hydrogen (secondary N) is 1. The molecule has 2 saturated heterocycles. The lowest BCUT2D eigenvalue weighted by molar-refractivity contribution is -0.132. The van der Waals surface area contributed by atoms with Crippen molar-refractivity contribution in [2.24, 2.45) is 0 Å². The smallest absolute Gasteiger partial charge is 0.223 e. The topological polar surface area (TPSA) is 49.4 Å². The molecule has 2 aromatic rings. The SMILES string of the molecule is O=C1CC[C@](CCC(=O)N2CCC[C@H]2c2ccc(F)cc2)(Cc2ccc(F)cc2)N1. The van der Waals surface area contributed by atoms with Gasteiger partial charge in [-0.15, -0.1) is 0 Å². The third kappa shape index (κ3) is 4.53. The van der Waals surface area contributed by atoms with E-state index in [0.717, 1.165) is 24.0 Å². The van der Waals surface area contributed by atoms with Gasteiger partial charge in [0.1, 0.15) is 11.6 Å². The number of benzene rings is 2. The first-order chi connectivity index (χ1) is 14.4.